The van der Waals surface area contributed by atoms with Crippen LogP contribution in [0.25, 0.3) is 0 Å². The van der Waals surface area contributed by atoms with Crippen LogP contribution in [0.1, 0.15) is 21.8 Å². The Hall–Kier alpha value is -0.383. The molecule has 0 amide bonds. The van der Waals surface area contributed by atoms with E-state index in [4.69, 9.17) is 4.57 Å². The molecule has 0 heterocycles. The lowest BCUT2D eigenvalue weighted by molar-refractivity contribution is -0.137. The molecule has 0 rings (SSSR count). The van der Waals surface area contributed by atoms with Gasteiger partial charge in [0.05, 0.1) is 20.5 Å². The third-order valence-electron chi connectivity index (χ3n) is 0.665. The summed E-state index contributed by atoms with van der Waals surface area (Å²) in [6, 6.07) is 0. The molecule has 0 spiro atoms. The van der Waals surface area contributed by atoms with Gasteiger partial charge in [-0.25, -0.2) is 4.57 Å². The largest absolute Gasteiger partial charge is 0.469 e. The lowest BCUT2D eigenvalue weighted by Crippen LogP contribution is -1.95. The molecule has 0 aliphatic rings. The van der Waals surface area contributed by atoms with Crippen molar-refractivity contribution in [1.82, 2.24) is 0 Å². The average Bonchev–Trinajstić information content (AvgIpc) is 2.30. The SMILES string of the molecule is C.C.COC(C)=O.COP=O.COS(C)(=O)=O.CO[SiH3]. The number of hydrogen-bond acceptors (Lipinski definition) is 8. The maximum atomic E-state index is 9.78. The monoisotopic (exact) mass is 356 g/mol. The van der Waals surface area contributed by atoms with Gasteiger partial charge < -0.3 is 9.16 Å². The predicted molar refractivity (Wildman–Crippen MR) is 84.6 cm³/mol. The zero-order valence-corrected chi connectivity index (χ0v) is 15.3. The van der Waals surface area contributed by atoms with Gasteiger partial charge in [0.25, 0.3) is 10.1 Å². The second-order valence-electron chi connectivity index (χ2n) is 2.23. The molecular weight excluding hydrogens is 327 g/mol. The number of hydrogen-bond donors (Lipinski definition) is 0. The minimum Gasteiger partial charge on any atom is -0.469 e. The highest BCUT2D eigenvalue weighted by Gasteiger charge is 1.90. The molecule has 0 saturated heterocycles. The van der Waals surface area contributed by atoms with Crippen LogP contribution in [0.3, 0.4) is 0 Å². The van der Waals surface area contributed by atoms with Crippen LogP contribution in [0.2, 0.25) is 0 Å². The summed E-state index contributed by atoms with van der Waals surface area (Å²) in [5, 5.41) is 0. The van der Waals surface area contributed by atoms with Gasteiger partial charge in [0.2, 0.25) is 0 Å². The molecule has 0 saturated carbocycles. The van der Waals surface area contributed by atoms with E-state index >= 15 is 0 Å². The second kappa shape index (κ2) is 31.2. The first kappa shape index (κ1) is 36.7. The number of methoxy groups -OCH3 is 1. The third-order valence-corrected chi connectivity index (χ3v) is 1.42. The summed E-state index contributed by atoms with van der Waals surface area (Å²) in [5.74, 6) is -0.245. The van der Waals surface area contributed by atoms with E-state index in [1.807, 2.05) is 0 Å². The molecule has 8 nitrogen and oxygen atoms in total. The van der Waals surface area contributed by atoms with Crippen LogP contribution in [0.5, 0.6) is 0 Å². The molecule has 0 aliphatic carbocycles. The van der Waals surface area contributed by atoms with Crippen LogP contribution in [-0.2, 0) is 37.3 Å². The van der Waals surface area contributed by atoms with Crippen molar-refractivity contribution in [3.05, 3.63) is 0 Å². The highest BCUT2D eigenvalue weighted by atomic mass is 32.2. The predicted octanol–water partition coefficient (Wildman–Crippen LogP) is 0.797. The van der Waals surface area contributed by atoms with Gasteiger partial charge in [-0.15, -0.1) is 0 Å². The average molecular weight is 356 g/mol. The number of rotatable bonds is 2. The summed E-state index contributed by atoms with van der Waals surface area (Å²) in [5.41, 5.74) is 0. The van der Waals surface area contributed by atoms with Crippen molar-refractivity contribution in [1.29, 1.82) is 0 Å². The topological polar surface area (TPSA) is 105 Å². The highest BCUT2D eigenvalue weighted by Crippen LogP contribution is 1.83. The minimum atomic E-state index is -3.16. The van der Waals surface area contributed by atoms with E-state index in [9.17, 15) is 13.2 Å². The normalized spacial score (nSPS) is 7.90. The highest BCUT2D eigenvalue weighted by molar-refractivity contribution is 7.85. The Labute approximate surface area is 128 Å². The van der Waals surface area contributed by atoms with Crippen molar-refractivity contribution in [2.75, 3.05) is 34.7 Å². The molecule has 20 heavy (non-hydrogen) atoms. The molecular formula is C9H29O8PSSi. The molecule has 0 radical (unpaired) electrons. The molecule has 128 valence electrons. The number of ether oxygens (including phenoxy) is 1. The molecule has 0 aliphatic heterocycles. The molecule has 0 aromatic carbocycles. The second-order valence-corrected chi connectivity index (χ2v) is 5.30. The Balaban J connectivity index is -0.0000000325. The van der Waals surface area contributed by atoms with E-state index in [1.165, 1.54) is 21.1 Å². The smallest absolute Gasteiger partial charge is 0.327 e. The minimum absolute atomic E-state index is 0. The fourth-order valence-corrected chi connectivity index (χ4v) is 0. The van der Waals surface area contributed by atoms with E-state index in [0.717, 1.165) is 23.9 Å². The molecule has 11 heteroatoms. The summed E-state index contributed by atoms with van der Waals surface area (Å²) < 4.78 is 45.0. The maximum absolute atomic E-state index is 9.78. The summed E-state index contributed by atoms with van der Waals surface area (Å²) in [6.45, 7) is 1.36. The van der Waals surface area contributed by atoms with Crippen molar-refractivity contribution in [2.24, 2.45) is 0 Å². The number of carbonyl (C=O) groups is 1. The van der Waals surface area contributed by atoms with E-state index in [1.54, 1.807) is 7.11 Å². The number of carbonyl (C=O) groups excluding carboxylic acids is 1. The molecule has 0 atom stereocenters. The van der Waals surface area contributed by atoms with Gasteiger partial charge in [-0.05, 0) is 0 Å². The standard InChI is InChI=1S/C3H6O2.C2H6O3S.CH3O2P.CH6OSi.2CH4/c1-3(4)5-2;1-5-6(2,3)4;1-3-4-2;1-2-3;;/h1-2H3;1-2H3;1H3;1,3H3;2*1H4. The van der Waals surface area contributed by atoms with E-state index in [0.29, 0.717) is 0 Å². The van der Waals surface area contributed by atoms with Crippen LogP contribution in [0.15, 0.2) is 0 Å². The van der Waals surface area contributed by atoms with Crippen molar-refractivity contribution in [3.63, 3.8) is 0 Å². The quantitative estimate of drug-likeness (QED) is 0.310. The molecule has 0 bridgehead atoms. The van der Waals surface area contributed by atoms with Gasteiger partial charge in [-0.2, -0.15) is 8.42 Å². The van der Waals surface area contributed by atoms with Gasteiger partial charge in [-0.3, -0.25) is 13.5 Å². The third kappa shape index (κ3) is 154. The van der Waals surface area contributed by atoms with Crippen LogP contribution < -0.4 is 0 Å². The molecule has 0 unspecified atom stereocenters. The Bertz CT molecular complexity index is 271. The van der Waals surface area contributed by atoms with Gasteiger partial charge in [0.1, 0.15) is 10.5 Å². The Morgan fingerprint density at radius 3 is 1.25 bits per heavy atom. The van der Waals surface area contributed by atoms with E-state index < -0.39 is 10.1 Å². The Morgan fingerprint density at radius 2 is 1.25 bits per heavy atom. The van der Waals surface area contributed by atoms with E-state index in [-0.39, 0.29) is 29.5 Å². The first-order valence-corrected chi connectivity index (χ1v) is 7.59. The first-order chi connectivity index (χ1) is 8.16. The summed E-state index contributed by atoms with van der Waals surface area (Å²) >= 11 is 0. The lowest BCUT2D eigenvalue weighted by Gasteiger charge is -1.84. The van der Waals surface area contributed by atoms with Gasteiger partial charge in [0, 0.05) is 21.1 Å². The molecule has 0 N–H and O–H groups in total. The summed E-state index contributed by atoms with van der Waals surface area (Å²) in [7, 11) is 2.97. The maximum Gasteiger partial charge on any atom is 0.327 e. The molecule has 0 aromatic heterocycles. The van der Waals surface area contributed by atoms with Crippen LogP contribution in [0, 0.1) is 0 Å². The van der Waals surface area contributed by atoms with Crippen LogP contribution in [-0.4, -0.2) is 59.6 Å². The lowest BCUT2D eigenvalue weighted by atomic mass is 10.8. The fourth-order valence-electron chi connectivity index (χ4n) is 0. The van der Waals surface area contributed by atoms with Crippen molar-refractivity contribution < 1.29 is 35.6 Å². The van der Waals surface area contributed by atoms with Gasteiger partial charge >= 0.3 is 14.7 Å². The van der Waals surface area contributed by atoms with Crippen LogP contribution in [0.4, 0.5) is 0 Å². The van der Waals surface area contributed by atoms with E-state index in [2.05, 4.69) is 17.9 Å². The molecule has 0 fully saturated rings. The zero-order valence-electron chi connectivity index (χ0n) is 11.6. The Kier molecular flexibility index (Phi) is 57.1. The van der Waals surface area contributed by atoms with Crippen molar-refractivity contribution >= 4 is 35.3 Å². The van der Waals surface area contributed by atoms with Crippen molar-refractivity contribution in [2.45, 2.75) is 21.8 Å². The number of esters is 1. The zero-order chi connectivity index (χ0) is 15.6. The first-order valence-electron chi connectivity index (χ1n) is 4.22. The molecule has 0 aromatic rings. The van der Waals surface area contributed by atoms with Gasteiger partial charge in [-0.1, -0.05) is 14.9 Å². The van der Waals surface area contributed by atoms with Gasteiger partial charge in [0.15, 0.2) is 0 Å². The fraction of sp³-hybridized carbons (Fsp3) is 0.889. The van der Waals surface area contributed by atoms with Crippen LogP contribution >= 0.6 is 8.69 Å². The van der Waals surface area contributed by atoms with Crippen molar-refractivity contribution in [3.8, 4) is 0 Å². The summed E-state index contributed by atoms with van der Waals surface area (Å²) in [6.07, 6.45) is 0.993. The Morgan fingerprint density at radius 1 is 1.10 bits per heavy atom. The summed E-state index contributed by atoms with van der Waals surface area (Å²) in [4.78, 5) is 9.59.